The zero-order chi connectivity index (χ0) is 13.0. The van der Waals surface area contributed by atoms with Gasteiger partial charge in [0, 0.05) is 0 Å². The van der Waals surface area contributed by atoms with Gasteiger partial charge in [-0.1, -0.05) is 49.0 Å². The van der Waals surface area contributed by atoms with Crippen LogP contribution in [0, 0.1) is 0 Å². The van der Waals surface area contributed by atoms with Crippen LogP contribution in [0.5, 0.6) is 0 Å². The van der Waals surface area contributed by atoms with E-state index in [2.05, 4.69) is 6.58 Å². The predicted octanol–water partition coefficient (Wildman–Crippen LogP) is 3.64. The van der Waals surface area contributed by atoms with Crippen molar-refractivity contribution in [1.29, 1.82) is 0 Å². The van der Waals surface area contributed by atoms with E-state index in [4.69, 9.17) is 5.11 Å². The van der Waals surface area contributed by atoms with Crippen LogP contribution in [-0.2, 0) is 6.42 Å². The fourth-order valence-corrected chi connectivity index (χ4v) is 1.84. The van der Waals surface area contributed by atoms with Gasteiger partial charge >= 0.3 is 5.97 Å². The third-order valence-electron chi connectivity index (χ3n) is 2.77. The van der Waals surface area contributed by atoms with Crippen LogP contribution < -0.4 is 0 Å². The highest BCUT2D eigenvalue weighted by atomic mass is 16.4. The molecule has 0 spiro atoms. The Labute approximate surface area is 106 Å². The van der Waals surface area contributed by atoms with Crippen LogP contribution >= 0.6 is 0 Å². The Bertz CT molecular complexity index is 571. The van der Waals surface area contributed by atoms with Gasteiger partial charge in [-0.3, -0.25) is 0 Å². The topological polar surface area (TPSA) is 37.3 Å². The molecule has 0 saturated heterocycles. The van der Waals surface area contributed by atoms with E-state index in [9.17, 15) is 4.79 Å². The van der Waals surface area contributed by atoms with Gasteiger partial charge in [0.15, 0.2) is 0 Å². The Morgan fingerprint density at radius 1 is 1.00 bits per heavy atom. The van der Waals surface area contributed by atoms with E-state index in [1.54, 1.807) is 18.2 Å². The zero-order valence-electron chi connectivity index (χ0n) is 9.97. The summed E-state index contributed by atoms with van der Waals surface area (Å²) in [6, 6.07) is 16.9. The molecule has 2 aromatic rings. The highest BCUT2D eigenvalue weighted by molar-refractivity contribution is 5.87. The molecule has 0 aliphatic carbocycles. The molecule has 0 fully saturated rings. The van der Waals surface area contributed by atoms with Gasteiger partial charge in [-0.25, -0.2) is 4.79 Å². The number of benzene rings is 2. The molecular weight excluding hydrogens is 224 g/mol. The van der Waals surface area contributed by atoms with Crippen molar-refractivity contribution < 1.29 is 9.90 Å². The van der Waals surface area contributed by atoms with Crippen molar-refractivity contribution >= 4 is 11.5 Å². The normalized spacial score (nSPS) is 10.0. The van der Waals surface area contributed by atoms with Gasteiger partial charge < -0.3 is 5.11 Å². The van der Waals surface area contributed by atoms with Crippen molar-refractivity contribution in [2.24, 2.45) is 0 Å². The lowest BCUT2D eigenvalue weighted by molar-refractivity contribution is 0.0697. The Morgan fingerprint density at radius 3 is 2.33 bits per heavy atom. The van der Waals surface area contributed by atoms with Gasteiger partial charge in [0.2, 0.25) is 0 Å². The quantitative estimate of drug-likeness (QED) is 0.882. The number of hydrogen-bond donors (Lipinski definition) is 1. The average Bonchev–Trinajstić information content (AvgIpc) is 2.40. The van der Waals surface area contributed by atoms with Gasteiger partial charge in [0.25, 0.3) is 0 Å². The number of carboxylic acid groups (broad SMARTS) is 1. The molecular formula is C16H14O2. The van der Waals surface area contributed by atoms with Crippen LogP contribution in [0.4, 0.5) is 0 Å². The van der Waals surface area contributed by atoms with Crippen LogP contribution in [-0.4, -0.2) is 11.1 Å². The van der Waals surface area contributed by atoms with Gasteiger partial charge in [-0.05, 0) is 35.3 Å². The van der Waals surface area contributed by atoms with Crippen LogP contribution in [0.25, 0.3) is 5.57 Å². The fourth-order valence-electron chi connectivity index (χ4n) is 1.84. The molecule has 0 amide bonds. The summed E-state index contributed by atoms with van der Waals surface area (Å²) >= 11 is 0. The van der Waals surface area contributed by atoms with E-state index in [0.717, 1.165) is 16.7 Å². The summed E-state index contributed by atoms with van der Waals surface area (Å²) in [5.41, 5.74) is 3.34. The lowest BCUT2D eigenvalue weighted by Crippen LogP contribution is -1.97. The van der Waals surface area contributed by atoms with Crippen molar-refractivity contribution in [3.05, 3.63) is 77.9 Å². The number of allylic oxidation sites excluding steroid dienone is 1. The maximum Gasteiger partial charge on any atom is 0.335 e. The SMILES string of the molecule is C=C(Cc1cccc(C(=O)O)c1)c1ccccc1. The lowest BCUT2D eigenvalue weighted by Gasteiger charge is -2.06. The minimum atomic E-state index is -0.901. The standard InChI is InChI=1S/C16H14O2/c1-12(14-7-3-2-4-8-14)10-13-6-5-9-15(11-13)16(17)18/h2-9,11H,1,10H2,(H,17,18). The molecule has 18 heavy (non-hydrogen) atoms. The average molecular weight is 238 g/mol. The number of carboxylic acids is 1. The van der Waals surface area contributed by atoms with E-state index >= 15 is 0 Å². The van der Waals surface area contributed by atoms with Gasteiger partial charge in [0.05, 0.1) is 5.56 Å². The number of hydrogen-bond acceptors (Lipinski definition) is 1. The first-order valence-corrected chi connectivity index (χ1v) is 5.72. The highest BCUT2D eigenvalue weighted by Gasteiger charge is 2.05. The van der Waals surface area contributed by atoms with Crippen molar-refractivity contribution in [3.63, 3.8) is 0 Å². The largest absolute Gasteiger partial charge is 0.478 e. The predicted molar refractivity (Wildman–Crippen MR) is 72.6 cm³/mol. The summed E-state index contributed by atoms with van der Waals surface area (Å²) in [5, 5.41) is 8.94. The first kappa shape index (κ1) is 12.1. The second-order valence-electron chi connectivity index (χ2n) is 4.15. The molecule has 0 aromatic heterocycles. The third kappa shape index (κ3) is 2.86. The van der Waals surface area contributed by atoms with E-state index in [-0.39, 0.29) is 0 Å². The summed E-state index contributed by atoms with van der Waals surface area (Å²) in [7, 11) is 0. The zero-order valence-corrected chi connectivity index (χ0v) is 9.97. The summed E-state index contributed by atoms with van der Waals surface area (Å²) in [6.45, 7) is 4.05. The molecule has 90 valence electrons. The molecule has 0 radical (unpaired) electrons. The Balaban J connectivity index is 2.17. The van der Waals surface area contributed by atoms with Crippen LogP contribution in [0.3, 0.4) is 0 Å². The van der Waals surface area contributed by atoms with Gasteiger partial charge in [-0.15, -0.1) is 0 Å². The Kier molecular flexibility index (Phi) is 3.58. The number of rotatable bonds is 4. The number of aromatic carboxylic acids is 1. The lowest BCUT2D eigenvalue weighted by atomic mass is 9.98. The maximum absolute atomic E-state index is 10.9. The van der Waals surface area contributed by atoms with Crippen LogP contribution in [0.2, 0.25) is 0 Å². The third-order valence-corrected chi connectivity index (χ3v) is 2.77. The molecule has 0 heterocycles. The van der Waals surface area contributed by atoms with E-state index < -0.39 is 5.97 Å². The molecule has 2 rings (SSSR count). The van der Waals surface area contributed by atoms with Gasteiger partial charge in [0.1, 0.15) is 0 Å². The van der Waals surface area contributed by atoms with Crippen molar-refractivity contribution in [3.8, 4) is 0 Å². The molecule has 1 N–H and O–H groups in total. The monoisotopic (exact) mass is 238 g/mol. The second-order valence-corrected chi connectivity index (χ2v) is 4.15. The van der Waals surface area contributed by atoms with E-state index in [1.165, 1.54) is 0 Å². The maximum atomic E-state index is 10.9. The van der Waals surface area contributed by atoms with Crippen LogP contribution in [0.15, 0.2) is 61.2 Å². The van der Waals surface area contributed by atoms with Crippen molar-refractivity contribution in [1.82, 2.24) is 0 Å². The summed E-state index contributed by atoms with van der Waals surface area (Å²) in [6.07, 6.45) is 0.658. The van der Waals surface area contributed by atoms with Gasteiger partial charge in [-0.2, -0.15) is 0 Å². The van der Waals surface area contributed by atoms with E-state index in [0.29, 0.717) is 12.0 Å². The second kappa shape index (κ2) is 5.32. The van der Waals surface area contributed by atoms with Crippen molar-refractivity contribution in [2.75, 3.05) is 0 Å². The minimum absolute atomic E-state index is 0.313. The Morgan fingerprint density at radius 2 is 1.67 bits per heavy atom. The molecule has 0 aliphatic heterocycles. The molecule has 2 heteroatoms. The fraction of sp³-hybridized carbons (Fsp3) is 0.0625. The first-order valence-electron chi connectivity index (χ1n) is 5.72. The molecule has 0 bridgehead atoms. The molecule has 0 unspecified atom stereocenters. The smallest absolute Gasteiger partial charge is 0.335 e. The molecule has 0 aliphatic rings. The molecule has 0 atom stereocenters. The molecule has 0 saturated carbocycles. The first-order chi connectivity index (χ1) is 8.66. The minimum Gasteiger partial charge on any atom is -0.478 e. The van der Waals surface area contributed by atoms with Crippen LogP contribution in [0.1, 0.15) is 21.5 Å². The summed E-state index contributed by atoms with van der Waals surface area (Å²) in [5.74, 6) is -0.901. The van der Waals surface area contributed by atoms with Crippen molar-refractivity contribution in [2.45, 2.75) is 6.42 Å². The summed E-state index contributed by atoms with van der Waals surface area (Å²) in [4.78, 5) is 10.9. The highest BCUT2D eigenvalue weighted by Crippen LogP contribution is 2.18. The van der Waals surface area contributed by atoms with E-state index in [1.807, 2.05) is 36.4 Å². The summed E-state index contributed by atoms with van der Waals surface area (Å²) < 4.78 is 0. The Hall–Kier alpha value is -2.35. The number of carbonyl (C=O) groups is 1. The molecule has 2 nitrogen and oxygen atoms in total. The molecule has 2 aromatic carbocycles.